The molecule has 0 saturated heterocycles. The minimum absolute atomic E-state index is 0.269. The van der Waals surface area contributed by atoms with Crippen LogP contribution in [0.5, 0.6) is 0 Å². The maximum Gasteiger partial charge on any atom is 0.230 e. The van der Waals surface area contributed by atoms with Gasteiger partial charge in [0, 0.05) is 13.5 Å². The Morgan fingerprint density at radius 1 is 1.50 bits per heavy atom. The molecule has 3 N–H and O–H groups in total. The number of nitrogens with zero attached hydrogens (tertiary/aromatic N) is 2. The van der Waals surface area contributed by atoms with Gasteiger partial charge in [0.2, 0.25) is 11.8 Å². The fraction of sp³-hybridized carbons (Fsp3) is 0.750. The lowest BCUT2D eigenvalue weighted by Crippen LogP contribution is -2.40. The predicted molar refractivity (Wildman–Crippen MR) is 48.5 cm³/mol. The fourth-order valence-corrected chi connectivity index (χ4v) is 0.904. The molecule has 0 amide bonds. The molecule has 0 aromatic carbocycles. The molecule has 6 heteroatoms. The van der Waals surface area contributed by atoms with Crippen molar-refractivity contribution in [2.24, 2.45) is 0 Å². The molecule has 0 aliphatic rings. The normalized spacial score (nSPS) is 15.4. The topological polar surface area (TPSA) is 91.4 Å². The molecule has 0 aliphatic heterocycles. The van der Waals surface area contributed by atoms with Crippen LogP contribution < -0.4 is 5.32 Å². The van der Waals surface area contributed by atoms with E-state index < -0.39 is 5.60 Å². The minimum Gasteiger partial charge on any atom is -0.424 e. The number of nitrogens with one attached hydrogen (secondary N) is 1. The van der Waals surface area contributed by atoms with Gasteiger partial charge in [-0.25, -0.2) is 0 Å². The average Bonchev–Trinajstić information content (AvgIpc) is 2.51. The van der Waals surface area contributed by atoms with Crippen molar-refractivity contribution in [3.8, 4) is 0 Å². The number of hydrogen-bond donors (Lipinski definition) is 3. The molecule has 0 aliphatic carbocycles. The molecule has 1 aromatic heterocycles. The van der Waals surface area contributed by atoms with E-state index in [4.69, 9.17) is 9.52 Å². The van der Waals surface area contributed by atoms with E-state index >= 15 is 0 Å². The lowest BCUT2D eigenvalue weighted by Gasteiger charge is -2.19. The van der Waals surface area contributed by atoms with Gasteiger partial charge in [-0.05, 0) is 6.92 Å². The van der Waals surface area contributed by atoms with Gasteiger partial charge in [-0.2, -0.15) is 0 Å². The van der Waals surface area contributed by atoms with Gasteiger partial charge in [-0.1, -0.05) is 0 Å². The molecule has 1 heterocycles. The van der Waals surface area contributed by atoms with Crippen LogP contribution in [-0.4, -0.2) is 39.2 Å². The Bertz CT molecular complexity index is 285. The Hall–Kier alpha value is -0.980. The monoisotopic (exact) mass is 201 g/mol. The van der Waals surface area contributed by atoms with Crippen molar-refractivity contribution in [1.29, 1.82) is 0 Å². The zero-order valence-electron chi connectivity index (χ0n) is 8.32. The molecule has 6 nitrogen and oxygen atoms in total. The molecule has 1 rings (SSSR count). The Labute approximate surface area is 82.0 Å². The molecule has 0 saturated carbocycles. The molecule has 14 heavy (non-hydrogen) atoms. The lowest BCUT2D eigenvalue weighted by molar-refractivity contribution is 0.00219. The van der Waals surface area contributed by atoms with Crippen LogP contribution in [0, 0.1) is 6.92 Å². The predicted octanol–water partition coefficient (Wildman–Crippen LogP) is -0.789. The quantitative estimate of drug-likeness (QED) is 0.578. The Morgan fingerprint density at radius 2 is 2.21 bits per heavy atom. The van der Waals surface area contributed by atoms with E-state index in [9.17, 15) is 5.11 Å². The summed E-state index contributed by atoms with van der Waals surface area (Å²) in [6.45, 7) is 3.62. The maximum atomic E-state index is 9.43. The summed E-state index contributed by atoms with van der Waals surface area (Å²) in [4.78, 5) is 0. The Morgan fingerprint density at radius 3 is 2.71 bits per heavy atom. The molecular formula is C8H15N3O3. The SMILES string of the molecule is Cc1nnc(CNCC(C)(O)CO)o1. The molecular weight excluding hydrogens is 186 g/mol. The molecule has 1 unspecified atom stereocenters. The fourth-order valence-electron chi connectivity index (χ4n) is 0.904. The second kappa shape index (κ2) is 4.50. The highest BCUT2D eigenvalue weighted by molar-refractivity contribution is 4.80. The molecule has 1 atom stereocenters. The van der Waals surface area contributed by atoms with Crippen LogP contribution in [0.2, 0.25) is 0 Å². The number of hydrogen-bond acceptors (Lipinski definition) is 6. The summed E-state index contributed by atoms with van der Waals surface area (Å²) < 4.78 is 5.10. The lowest BCUT2D eigenvalue weighted by atomic mass is 10.1. The zero-order valence-corrected chi connectivity index (χ0v) is 8.32. The summed E-state index contributed by atoms with van der Waals surface area (Å²) in [6, 6.07) is 0. The van der Waals surface area contributed by atoms with Crippen molar-refractivity contribution in [2.75, 3.05) is 13.2 Å². The van der Waals surface area contributed by atoms with Gasteiger partial charge in [0.15, 0.2) is 0 Å². The Balaban J connectivity index is 2.28. The molecule has 0 spiro atoms. The largest absolute Gasteiger partial charge is 0.424 e. The van der Waals surface area contributed by atoms with E-state index in [2.05, 4.69) is 15.5 Å². The third kappa shape index (κ3) is 3.41. The van der Waals surface area contributed by atoms with Crippen LogP contribution in [-0.2, 0) is 6.54 Å². The maximum absolute atomic E-state index is 9.43. The van der Waals surface area contributed by atoms with Crippen molar-refractivity contribution >= 4 is 0 Å². The van der Waals surface area contributed by atoms with Crippen molar-refractivity contribution in [3.63, 3.8) is 0 Å². The van der Waals surface area contributed by atoms with Crippen molar-refractivity contribution in [1.82, 2.24) is 15.5 Å². The summed E-state index contributed by atoms with van der Waals surface area (Å²) in [6.07, 6.45) is 0. The van der Waals surface area contributed by atoms with Crippen LogP contribution in [0.15, 0.2) is 4.42 Å². The van der Waals surface area contributed by atoms with Gasteiger partial charge in [0.1, 0.15) is 0 Å². The summed E-state index contributed by atoms with van der Waals surface area (Å²) in [5.41, 5.74) is -1.12. The van der Waals surface area contributed by atoms with E-state index in [1.807, 2.05) is 0 Å². The first-order valence-corrected chi connectivity index (χ1v) is 4.36. The second-order valence-electron chi connectivity index (χ2n) is 3.47. The van der Waals surface area contributed by atoms with E-state index in [1.54, 1.807) is 13.8 Å². The van der Waals surface area contributed by atoms with Crippen LogP contribution >= 0.6 is 0 Å². The van der Waals surface area contributed by atoms with E-state index in [0.29, 0.717) is 18.3 Å². The van der Waals surface area contributed by atoms with Crippen LogP contribution in [0.1, 0.15) is 18.7 Å². The van der Waals surface area contributed by atoms with E-state index in [0.717, 1.165) is 0 Å². The summed E-state index contributed by atoms with van der Waals surface area (Å²) in [7, 11) is 0. The van der Waals surface area contributed by atoms with E-state index in [-0.39, 0.29) is 13.2 Å². The third-order valence-electron chi connectivity index (χ3n) is 1.69. The van der Waals surface area contributed by atoms with Crippen LogP contribution in [0.25, 0.3) is 0 Å². The smallest absolute Gasteiger partial charge is 0.230 e. The number of rotatable bonds is 5. The summed E-state index contributed by atoms with van der Waals surface area (Å²) in [5.74, 6) is 0.979. The van der Waals surface area contributed by atoms with Gasteiger partial charge in [-0.15, -0.1) is 10.2 Å². The van der Waals surface area contributed by atoms with Gasteiger partial charge < -0.3 is 19.9 Å². The average molecular weight is 201 g/mol. The number of aliphatic hydroxyl groups excluding tert-OH is 1. The van der Waals surface area contributed by atoms with Crippen molar-refractivity contribution < 1.29 is 14.6 Å². The number of aromatic nitrogens is 2. The molecule has 1 aromatic rings. The number of aryl methyl sites for hydroxylation is 1. The first-order valence-electron chi connectivity index (χ1n) is 4.36. The van der Waals surface area contributed by atoms with Gasteiger partial charge >= 0.3 is 0 Å². The molecule has 0 radical (unpaired) electrons. The van der Waals surface area contributed by atoms with Crippen LogP contribution in [0.3, 0.4) is 0 Å². The highest BCUT2D eigenvalue weighted by atomic mass is 16.4. The van der Waals surface area contributed by atoms with Crippen LogP contribution in [0.4, 0.5) is 0 Å². The second-order valence-corrected chi connectivity index (χ2v) is 3.47. The van der Waals surface area contributed by atoms with Crippen molar-refractivity contribution in [3.05, 3.63) is 11.8 Å². The van der Waals surface area contributed by atoms with Gasteiger partial charge in [0.25, 0.3) is 0 Å². The highest BCUT2D eigenvalue weighted by Crippen LogP contribution is 2.00. The first kappa shape index (κ1) is 11.1. The summed E-state index contributed by atoms with van der Waals surface area (Å²) >= 11 is 0. The van der Waals surface area contributed by atoms with Crippen molar-refractivity contribution in [2.45, 2.75) is 26.0 Å². The third-order valence-corrected chi connectivity index (χ3v) is 1.69. The molecule has 80 valence electrons. The van der Waals surface area contributed by atoms with E-state index in [1.165, 1.54) is 0 Å². The standard InChI is InChI=1S/C8H15N3O3/c1-6-10-11-7(14-6)3-9-4-8(2,13)5-12/h9,12-13H,3-5H2,1-2H3. The summed E-state index contributed by atoms with van der Waals surface area (Å²) in [5, 5.41) is 28.5. The van der Waals surface area contributed by atoms with Gasteiger partial charge in [-0.3, -0.25) is 0 Å². The first-order chi connectivity index (χ1) is 6.53. The molecule has 0 bridgehead atoms. The number of aliphatic hydroxyl groups is 2. The highest BCUT2D eigenvalue weighted by Gasteiger charge is 2.18. The Kier molecular flexibility index (Phi) is 3.56. The minimum atomic E-state index is -1.12. The molecule has 0 fully saturated rings. The zero-order chi connectivity index (χ0) is 10.6. The van der Waals surface area contributed by atoms with Gasteiger partial charge in [0.05, 0.1) is 18.8 Å².